The van der Waals surface area contributed by atoms with Crippen LogP contribution in [0.25, 0.3) is 10.9 Å². The van der Waals surface area contributed by atoms with Gasteiger partial charge >= 0.3 is 6.36 Å². The second-order valence-electron chi connectivity index (χ2n) is 7.71. The number of aromatic nitrogens is 2. The number of fused-ring (bicyclic) bond motifs is 1. The van der Waals surface area contributed by atoms with Crippen molar-refractivity contribution < 1.29 is 27.5 Å². The Bertz CT molecular complexity index is 1170. The van der Waals surface area contributed by atoms with Crippen LogP contribution < -0.4 is 10.1 Å². The third kappa shape index (κ3) is 5.05. The number of hydrogen-bond acceptors (Lipinski definition) is 5. The minimum atomic E-state index is -4.78. The first-order chi connectivity index (χ1) is 15.7. The molecule has 10 heteroatoms. The lowest BCUT2D eigenvalue weighted by atomic mass is 9.90. The summed E-state index contributed by atoms with van der Waals surface area (Å²) in [6.45, 7) is 0.984. The minimum absolute atomic E-state index is 0.118. The molecule has 0 unspecified atom stereocenters. The average molecular weight is 458 g/mol. The molecular weight excluding hydrogens is 437 g/mol. The Balaban J connectivity index is 1.44. The van der Waals surface area contributed by atoms with E-state index in [1.165, 1.54) is 18.5 Å². The summed E-state index contributed by atoms with van der Waals surface area (Å²) in [5, 5.41) is 3.46. The first-order valence-electron chi connectivity index (χ1n) is 10.4. The van der Waals surface area contributed by atoms with Crippen molar-refractivity contribution in [2.24, 2.45) is 0 Å². The zero-order chi connectivity index (χ0) is 23.6. The fourth-order valence-corrected chi connectivity index (χ4v) is 4.03. The van der Waals surface area contributed by atoms with E-state index >= 15 is 0 Å². The number of halogens is 3. The first-order valence-corrected chi connectivity index (χ1v) is 10.4. The first kappa shape index (κ1) is 22.5. The number of benzene rings is 2. The van der Waals surface area contributed by atoms with Gasteiger partial charge in [0.25, 0.3) is 11.8 Å². The highest BCUT2D eigenvalue weighted by molar-refractivity contribution is 5.98. The van der Waals surface area contributed by atoms with Gasteiger partial charge in [-0.3, -0.25) is 9.59 Å². The zero-order valence-corrected chi connectivity index (χ0v) is 17.7. The van der Waals surface area contributed by atoms with Crippen molar-refractivity contribution in [3.8, 4) is 5.75 Å². The van der Waals surface area contributed by atoms with E-state index in [9.17, 15) is 22.8 Å². The molecule has 1 aliphatic rings. The second-order valence-corrected chi connectivity index (χ2v) is 7.71. The maximum Gasteiger partial charge on any atom is 0.573 e. The average Bonchev–Trinajstić information content (AvgIpc) is 2.82. The lowest BCUT2D eigenvalue weighted by Crippen LogP contribution is -2.38. The summed E-state index contributed by atoms with van der Waals surface area (Å²) in [6.07, 6.45) is -1.93. The highest BCUT2D eigenvalue weighted by atomic mass is 19.4. The molecule has 2 heterocycles. The Morgan fingerprint density at radius 2 is 1.70 bits per heavy atom. The molecule has 4 rings (SSSR count). The summed E-state index contributed by atoms with van der Waals surface area (Å²) in [5.74, 6) is -0.683. The molecule has 0 saturated carbocycles. The van der Waals surface area contributed by atoms with Crippen LogP contribution in [0.3, 0.4) is 0 Å². The van der Waals surface area contributed by atoms with Gasteiger partial charge in [0.05, 0.1) is 11.2 Å². The number of carbonyl (C=O) groups excluding carboxylic acids is 2. The fraction of sp³-hybridized carbons (Fsp3) is 0.304. The van der Waals surface area contributed by atoms with Gasteiger partial charge in [-0.15, -0.1) is 13.2 Å². The predicted molar refractivity (Wildman–Crippen MR) is 114 cm³/mol. The highest BCUT2D eigenvalue weighted by Crippen LogP contribution is 2.32. The van der Waals surface area contributed by atoms with E-state index < -0.39 is 6.36 Å². The van der Waals surface area contributed by atoms with Gasteiger partial charge in [-0.05, 0) is 49.2 Å². The highest BCUT2D eigenvalue weighted by Gasteiger charge is 2.31. The van der Waals surface area contributed by atoms with Crippen LogP contribution in [-0.4, -0.2) is 53.2 Å². The summed E-state index contributed by atoms with van der Waals surface area (Å²) in [5.41, 5.74) is 2.38. The molecule has 33 heavy (non-hydrogen) atoms. The number of hydrogen-bond donors (Lipinski definition) is 1. The summed E-state index contributed by atoms with van der Waals surface area (Å²) in [4.78, 5) is 35.1. The monoisotopic (exact) mass is 458 g/mol. The van der Waals surface area contributed by atoms with E-state index in [1.54, 1.807) is 24.1 Å². The number of ether oxygens (including phenoxy) is 1. The van der Waals surface area contributed by atoms with Crippen molar-refractivity contribution >= 4 is 22.7 Å². The molecule has 1 N–H and O–H groups in total. The number of nitrogens with zero attached hydrogens (tertiary/aromatic N) is 3. The maximum absolute atomic E-state index is 12.8. The van der Waals surface area contributed by atoms with Crippen molar-refractivity contribution in [2.45, 2.75) is 25.1 Å². The van der Waals surface area contributed by atoms with E-state index in [0.717, 1.165) is 23.2 Å². The van der Waals surface area contributed by atoms with Crippen molar-refractivity contribution in [1.29, 1.82) is 0 Å². The summed E-state index contributed by atoms with van der Waals surface area (Å²) >= 11 is 0. The van der Waals surface area contributed by atoms with Crippen LogP contribution in [0.5, 0.6) is 5.75 Å². The summed E-state index contributed by atoms with van der Waals surface area (Å²) < 4.78 is 40.8. The van der Waals surface area contributed by atoms with Crippen LogP contribution in [0, 0.1) is 0 Å². The zero-order valence-electron chi connectivity index (χ0n) is 17.7. The van der Waals surface area contributed by atoms with Gasteiger partial charge in [0.1, 0.15) is 12.1 Å². The van der Waals surface area contributed by atoms with Gasteiger partial charge in [0.15, 0.2) is 0 Å². The molecule has 7 nitrogen and oxygen atoms in total. The summed E-state index contributed by atoms with van der Waals surface area (Å²) in [7, 11) is 1.57. The maximum atomic E-state index is 12.8. The molecule has 0 radical (unpaired) electrons. The molecular formula is C23H21F3N4O3. The molecule has 0 atom stereocenters. The van der Waals surface area contributed by atoms with Crippen LogP contribution >= 0.6 is 0 Å². The number of nitrogens with one attached hydrogen (secondary N) is 1. The largest absolute Gasteiger partial charge is 0.573 e. The number of piperidine rings is 1. The van der Waals surface area contributed by atoms with Crippen molar-refractivity contribution in [2.75, 3.05) is 20.1 Å². The van der Waals surface area contributed by atoms with Gasteiger partial charge in [-0.25, -0.2) is 9.97 Å². The van der Waals surface area contributed by atoms with E-state index in [-0.39, 0.29) is 23.5 Å². The number of likely N-dealkylation sites (tertiary alicyclic amines) is 1. The van der Waals surface area contributed by atoms with Crippen LogP contribution in [0.2, 0.25) is 0 Å². The normalized spacial score (nSPS) is 14.8. The number of amides is 2. The Morgan fingerprint density at radius 3 is 2.33 bits per heavy atom. The molecule has 1 saturated heterocycles. The van der Waals surface area contributed by atoms with Crippen molar-refractivity contribution in [1.82, 2.24) is 20.2 Å². The standard InChI is InChI=1S/C23H21F3N4O3/c1-27-21(31)16-4-7-18-19(12-16)28-13-29-20(18)14-8-10-30(11-9-14)22(32)15-2-5-17(6-3-15)33-23(24,25)26/h2-7,12-14H,8-11H2,1H3,(H,27,31). The van der Waals surface area contributed by atoms with Crippen LogP contribution in [0.4, 0.5) is 13.2 Å². The van der Waals surface area contributed by atoms with Gasteiger partial charge < -0.3 is 15.0 Å². The van der Waals surface area contributed by atoms with Crippen LogP contribution in [0.15, 0.2) is 48.8 Å². The lowest BCUT2D eigenvalue weighted by molar-refractivity contribution is -0.274. The molecule has 1 aromatic heterocycles. The van der Waals surface area contributed by atoms with Crippen LogP contribution in [0.1, 0.15) is 45.2 Å². The molecule has 0 bridgehead atoms. The molecule has 1 aliphatic heterocycles. The number of carbonyl (C=O) groups is 2. The second kappa shape index (κ2) is 9.05. The van der Waals surface area contributed by atoms with Crippen molar-refractivity contribution in [3.63, 3.8) is 0 Å². The van der Waals surface area contributed by atoms with E-state index in [1.807, 2.05) is 6.07 Å². The van der Waals surface area contributed by atoms with Crippen molar-refractivity contribution in [3.05, 3.63) is 65.6 Å². The predicted octanol–water partition coefficient (Wildman–Crippen LogP) is 3.91. The minimum Gasteiger partial charge on any atom is -0.406 e. The van der Waals surface area contributed by atoms with E-state index in [2.05, 4.69) is 20.0 Å². The SMILES string of the molecule is CNC(=O)c1ccc2c(C3CCN(C(=O)c4ccc(OC(F)(F)F)cc4)CC3)ncnc2c1. The topological polar surface area (TPSA) is 84.4 Å². The number of rotatable bonds is 4. The lowest BCUT2D eigenvalue weighted by Gasteiger charge is -2.32. The molecule has 2 aromatic carbocycles. The van der Waals surface area contributed by atoms with Gasteiger partial charge in [0, 0.05) is 42.6 Å². The molecule has 1 fully saturated rings. The molecule has 3 aromatic rings. The molecule has 0 spiro atoms. The molecule has 172 valence electrons. The Labute approximate surface area is 187 Å². The Kier molecular flexibility index (Phi) is 6.17. The molecule has 2 amide bonds. The Morgan fingerprint density at radius 1 is 1.03 bits per heavy atom. The smallest absolute Gasteiger partial charge is 0.406 e. The van der Waals surface area contributed by atoms with Gasteiger partial charge in [-0.1, -0.05) is 6.07 Å². The van der Waals surface area contributed by atoms with Crippen LogP contribution in [-0.2, 0) is 0 Å². The summed E-state index contributed by atoms with van der Waals surface area (Å²) in [6, 6.07) is 10.2. The van der Waals surface area contributed by atoms with Gasteiger partial charge in [0.2, 0.25) is 0 Å². The quantitative estimate of drug-likeness (QED) is 0.641. The van der Waals surface area contributed by atoms with E-state index in [0.29, 0.717) is 42.6 Å². The van der Waals surface area contributed by atoms with Gasteiger partial charge in [-0.2, -0.15) is 0 Å². The molecule has 0 aliphatic carbocycles. The third-order valence-electron chi connectivity index (χ3n) is 5.66. The van der Waals surface area contributed by atoms with E-state index in [4.69, 9.17) is 0 Å². The Hall–Kier alpha value is -3.69. The third-order valence-corrected chi connectivity index (χ3v) is 5.66. The fourth-order valence-electron chi connectivity index (χ4n) is 4.03. The number of alkyl halides is 3.